The Bertz CT molecular complexity index is 576. The maximum atomic E-state index is 12.2. The van der Waals surface area contributed by atoms with Gasteiger partial charge in [0, 0.05) is 21.5 Å². The molecule has 0 spiro atoms. The second kappa shape index (κ2) is 5.68. The molecule has 2 aromatic carbocycles. The summed E-state index contributed by atoms with van der Waals surface area (Å²) in [6.45, 7) is 1.94. The topological polar surface area (TPSA) is 17.1 Å². The third-order valence-electron chi connectivity index (χ3n) is 2.77. The van der Waals surface area contributed by atoms with Crippen LogP contribution in [-0.4, -0.2) is 5.78 Å². The third-order valence-corrected chi connectivity index (χ3v) is 3.51. The highest BCUT2D eigenvalue weighted by Crippen LogP contribution is 2.18. The van der Waals surface area contributed by atoms with E-state index in [1.165, 1.54) is 0 Å². The molecule has 0 saturated carbocycles. The average molecular weight is 324 g/mol. The first-order valence-electron chi connectivity index (χ1n) is 5.60. The van der Waals surface area contributed by atoms with Crippen LogP contribution < -0.4 is 0 Å². The maximum Gasteiger partial charge on any atom is 0.167 e. The number of hydrogen-bond acceptors (Lipinski definition) is 1. The average Bonchev–Trinajstić information content (AvgIpc) is 2.32. The molecular weight excluding hydrogens is 312 g/mol. The highest BCUT2D eigenvalue weighted by Gasteiger charge is 2.10. The van der Waals surface area contributed by atoms with E-state index in [2.05, 4.69) is 15.9 Å². The van der Waals surface area contributed by atoms with Crippen LogP contribution >= 0.6 is 27.5 Å². The van der Waals surface area contributed by atoms with Gasteiger partial charge in [0.15, 0.2) is 5.78 Å². The van der Waals surface area contributed by atoms with Gasteiger partial charge in [-0.05, 0) is 42.3 Å². The molecule has 0 N–H and O–H groups in total. The van der Waals surface area contributed by atoms with Crippen LogP contribution in [0.2, 0.25) is 5.02 Å². The highest BCUT2D eigenvalue weighted by molar-refractivity contribution is 9.10. The van der Waals surface area contributed by atoms with Gasteiger partial charge in [-0.25, -0.2) is 0 Å². The first-order chi connectivity index (χ1) is 8.56. The van der Waals surface area contributed by atoms with Crippen molar-refractivity contribution in [3.63, 3.8) is 0 Å². The molecule has 0 amide bonds. The standard InChI is InChI=1S/C15H12BrClO/c1-10-8-12(16)4-7-14(10)15(18)9-11-2-5-13(17)6-3-11/h2-8H,9H2,1H3. The number of benzene rings is 2. The Hall–Kier alpha value is -1.12. The molecule has 2 aromatic rings. The molecule has 1 nitrogen and oxygen atoms in total. The summed E-state index contributed by atoms with van der Waals surface area (Å²) < 4.78 is 0.989. The molecular formula is C15H12BrClO. The fourth-order valence-corrected chi connectivity index (χ4v) is 2.42. The number of carbonyl (C=O) groups excluding carboxylic acids is 1. The van der Waals surface area contributed by atoms with Crippen LogP contribution in [0.4, 0.5) is 0 Å². The molecule has 0 bridgehead atoms. The Labute approximate surface area is 120 Å². The lowest BCUT2D eigenvalue weighted by Gasteiger charge is -2.06. The zero-order valence-electron chi connectivity index (χ0n) is 9.91. The molecule has 0 aliphatic rings. The van der Waals surface area contributed by atoms with Gasteiger partial charge in [0.2, 0.25) is 0 Å². The monoisotopic (exact) mass is 322 g/mol. The number of hydrogen-bond donors (Lipinski definition) is 0. The third kappa shape index (κ3) is 3.21. The number of rotatable bonds is 3. The number of ketones is 1. The van der Waals surface area contributed by atoms with Crippen molar-refractivity contribution in [2.24, 2.45) is 0 Å². The van der Waals surface area contributed by atoms with Gasteiger partial charge in [-0.1, -0.05) is 45.7 Å². The Morgan fingerprint density at radius 3 is 2.44 bits per heavy atom. The zero-order valence-corrected chi connectivity index (χ0v) is 12.3. The van der Waals surface area contributed by atoms with Gasteiger partial charge in [0.1, 0.15) is 0 Å². The van der Waals surface area contributed by atoms with E-state index in [9.17, 15) is 4.79 Å². The largest absolute Gasteiger partial charge is 0.294 e. The molecule has 0 saturated heterocycles. The van der Waals surface area contributed by atoms with Gasteiger partial charge < -0.3 is 0 Å². The van der Waals surface area contributed by atoms with E-state index >= 15 is 0 Å². The highest BCUT2D eigenvalue weighted by atomic mass is 79.9. The number of halogens is 2. The normalized spacial score (nSPS) is 10.4. The van der Waals surface area contributed by atoms with Crippen LogP contribution in [0.15, 0.2) is 46.9 Å². The van der Waals surface area contributed by atoms with E-state index in [4.69, 9.17) is 11.6 Å². The van der Waals surface area contributed by atoms with Crippen LogP contribution in [0, 0.1) is 6.92 Å². The molecule has 92 valence electrons. The van der Waals surface area contributed by atoms with Gasteiger partial charge in [-0.2, -0.15) is 0 Å². The quantitative estimate of drug-likeness (QED) is 0.739. The summed E-state index contributed by atoms with van der Waals surface area (Å²) >= 11 is 9.21. The number of carbonyl (C=O) groups is 1. The molecule has 0 unspecified atom stereocenters. The SMILES string of the molecule is Cc1cc(Br)ccc1C(=O)Cc1ccc(Cl)cc1. The summed E-state index contributed by atoms with van der Waals surface area (Å²) in [6, 6.07) is 13.1. The lowest BCUT2D eigenvalue weighted by Crippen LogP contribution is -2.05. The summed E-state index contributed by atoms with van der Waals surface area (Å²) in [4.78, 5) is 12.2. The van der Waals surface area contributed by atoms with Gasteiger partial charge in [-0.15, -0.1) is 0 Å². The maximum absolute atomic E-state index is 12.2. The van der Waals surface area contributed by atoms with Crippen molar-refractivity contribution >= 4 is 33.3 Å². The summed E-state index contributed by atoms with van der Waals surface area (Å²) in [5.74, 6) is 0.127. The summed E-state index contributed by atoms with van der Waals surface area (Å²) in [5, 5.41) is 0.686. The minimum atomic E-state index is 0.127. The van der Waals surface area contributed by atoms with Gasteiger partial charge in [0.25, 0.3) is 0 Å². The van der Waals surface area contributed by atoms with E-state index in [0.717, 1.165) is 21.2 Å². The lowest BCUT2D eigenvalue weighted by molar-refractivity contribution is 0.0992. The number of aryl methyl sites for hydroxylation is 1. The molecule has 3 heteroatoms. The molecule has 0 aliphatic heterocycles. The minimum Gasteiger partial charge on any atom is -0.294 e. The smallest absolute Gasteiger partial charge is 0.167 e. The van der Waals surface area contributed by atoms with Crippen LogP contribution in [0.1, 0.15) is 21.5 Å². The summed E-state index contributed by atoms with van der Waals surface area (Å²) in [6.07, 6.45) is 0.402. The van der Waals surface area contributed by atoms with Gasteiger partial charge in [-0.3, -0.25) is 4.79 Å². The van der Waals surface area contributed by atoms with E-state index in [1.54, 1.807) is 12.1 Å². The van der Waals surface area contributed by atoms with Crippen LogP contribution in [-0.2, 0) is 6.42 Å². The molecule has 0 radical (unpaired) electrons. The Morgan fingerprint density at radius 1 is 1.17 bits per heavy atom. The fourth-order valence-electron chi connectivity index (χ4n) is 1.82. The van der Waals surface area contributed by atoms with Gasteiger partial charge in [0.05, 0.1) is 0 Å². The molecule has 0 heterocycles. The predicted molar refractivity (Wildman–Crippen MR) is 78.4 cm³/mol. The Morgan fingerprint density at radius 2 is 1.83 bits per heavy atom. The van der Waals surface area contributed by atoms with E-state index in [1.807, 2.05) is 37.3 Å². The Balaban J connectivity index is 2.19. The van der Waals surface area contributed by atoms with Crippen molar-refractivity contribution in [3.8, 4) is 0 Å². The van der Waals surface area contributed by atoms with Crippen molar-refractivity contribution in [2.45, 2.75) is 13.3 Å². The van der Waals surface area contributed by atoms with E-state index < -0.39 is 0 Å². The van der Waals surface area contributed by atoms with E-state index in [-0.39, 0.29) is 5.78 Å². The molecule has 0 aromatic heterocycles. The van der Waals surface area contributed by atoms with Crippen LogP contribution in [0.25, 0.3) is 0 Å². The Kier molecular flexibility index (Phi) is 4.20. The predicted octanol–water partition coefficient (Wildman–Crippen LogP) is 4.84. The van der Waals surface area contributed by atoms with Crippen LogP contribution in [0.5, 0.6) is 0 Å². The van der Waals surface area contributed by atoms with Crippen molar-refractivity contribution < 1.29 is 4.79 Å². The van der Waals surface area contributed by atoms with Crippen molar-refractivity contribution in [3.05, 3.63) is 68.7 Å². The van der Waals surface area contributed by atoms with Crippen molar-refractivity contribution in [1.82, 2.24) is 0 Å². The summed E-state index contributed by atoms with van der Waals surface area (Å²) in [7, 11) is 0. The molecule has 0 atom stereocenters. The second-order valence-electron chi connectivity index (χ2n) is 4.19. The van der Waals surface area contributed by atoms with Crippen molar-refractivity contribution in [1.29, 1.82) is 0 Å². The molecule has 2 rings (SSSR count). The van der Waals surface area contributed by atoms with Gasteiger partial charge >= 0.3 is 0 Å². The number of Topliss-reactive ketones (excluding diaryl/α,β-unsaturated/α-hetero) is 1. The lowest BCUT2D eigenvalue weighted by atomic mass is 9.99. The molecule has 0 aliphatic carbocycles. The second-order valence-corrected chi connectivity index (χ2v) is 5.54. The van der Waals surface area contributed by atoms with Crippen molar-refractivity contribution in [2.75, 3.05) is 0 Å². The molecule has 18 heavy (non-hydrogen) atoms. The molecule has 0 fully saturated rings. The van der Waals surface area contributed by atoms with E-state index in [0.29, 0.717) is 11.4 Å². The first kappa shape index (κ1) is 13.3. The van der Waals surface area contributed by atoms with Crippen LogP contribution in [0.3, 0.4) is 0 Å². The fraction of sp³-hybridized carbons (Fsp3) is 0.133. The summed E-state index contributed by atoms with van der Waals surface area (Å²) in [5.41, 5.74) is 2.74. The zero-order chi connectivity index (χ0) is 13.1. The first-order valence-corrected chi connectivity index (χ1v) is 6.77. The minimum absolute atomic E-state index is 0.127.